The third-order valence-corrected chi connectivity index (χ3v) is 5.17. The number of benzene rings is 2. The summed E-state index contributed by atoms with van der Waals surface area (Å²) in [6.07, 6.45) is -2.62. The smallest absolute Gasteiger partial charge is 0.182 e. The first-order valence-electron chi connectivity index (χ1n) is 10.4. The lowest BCUT2D eigenvalue weighted by molar-refractivity contribution is -0.185. The van der Waals surface area contributed by atoms with Gasteiger partial charge >= 0.3 is 0 Å². The van der Waals surface area contributed by atoms with Gasteiger partial charge in [-0.1, -0.05) is 29.8 Å². The molecule has 0 fully saturated rings. The summed E-state index contributed by atoms with van der Waals surface area (Å²) in [7, 11) is 0. The van der Waals surface area contributed by atoms with E-state index < -0.39 is 18.0 Å². The molecule has 0 spiro atoms. The van der Waals surface area contributed by atoms with E-state index in [4.69, 9.17) is 26.1 Å². The predicted molar refractivity (Wildman–Crippen MR) is 124 cm³/mol. The van der Waals surface area contributed by atoms with Gasteiger partial charge in [0.1, 0.15) is 6.10 Å². The molecule has 1 atom stereocenters. The lowest BCUT2D eigenvalue weighted by Gasteiger charge is -2.32. The van der Waals surface area contributed by atoms with Crippen LogP contribution in [0.5, 0.6) is 0 Å². The van der Waals surface area contributed by atoms with Crippen molar-refractivity contribution < 1.29 is 19.7 Å². The average molecular weight is 444 g/mol. The zero-order valence-corrected chi connectivity index (χ0v) is 19.4. The van der Waals surface area contributed by atoms with E-state index in [0.717, 1.165) is 38.9 Å². The van der Waals surface area contributed by atoms with Gasteiger partial charge in [0, 0.05) is 17.0 Å². The molecule has 0 unspecified atom stereocenters. The summed E-state index contributed by atoms with van der Waals surface area (Å²) in [4.78, 5) is 4.78. The summed E-state index contributed by atoms with van der Waals surface area (Å²) in [6, 6.07) is 13.4. The Balaban J connectivity index is 2.30. The first-order valence-corrected chi connectivity index (χ1v) is 10.8. The molecule has 1 aromatic heterocycles. The Labute approximate surface area is 188 Å². The Morgan fingerprint density at radius 3 is 2.32 bits per heavy atom. The largest absolute Gasteiger partial charge is 0.375 e. The first kappa shape index (κ1) is 23.6. The molecule has 31 heavy (non-hydrogen) atoms. The van der Waals surface area contributed by atoms with Crippen molar-refractivity contribution in [3.63, 3.8) is 0 Å². The van der Waals surface area contributed by atoms with Crippen LogP contribution in [-0.4, -0.2) is 33.7 Å². The molecular weight excluding hydrogens is 414 g/mol. The molecule has 0 amide bonds. The molecule has 5 nitrogen and oxygen atoms in total. The molecule has 0 saturated carbocycles. The highest BCUT2D eigenvalue weighted by Gasteiger charge is 2.31. The summed E-state index contributed by atoms with van der Waals surface area (Å²) >= 11 is 6.13. The number of pyridine rings is 1. The van der Waals surface area contributed by atoms with E-state index in [0.29, 0.717) is 18.2 Å². The van der Waals surface area contributed by atoms with Gasteiger partial charge in [0.15, 0.2) is 6.29 Å². The molecule has 0 aliphatic rings. The monoisotopic (exact) mass is 443 g/mol. The van der Waals surface area contributed by atoms with Crippen LogP contribution in [0, 0.1) is 6.92 Å². The van der Waals surface area contributed by atoms with Gasteiger partial charge in [0.25, 0.3) is 0 Å². The van der Waals surface area contributed by atoms with Crippen molar-refractivity contribution in [1.29, 1.82) is 0 Å². The van der Waals surface area contributed by atoms with Gasteiger partial charge in [0.05, 0.1) is 23.4 Å². The van der Waals surface area contributed by atoms with E-state index in [1.54, 1.807) is 0 Å². The standard InChI is InChI=1S/C25H30ClNO4/c1-6-30-14-18-11-12-19-20(27-18)13-15(2)21(23(24(28)29)31-25(3,4)5)22(19)16-7-9-17(26)10-8-16/h7-13,23-24,28-29H,6,14H2,1-5H3/t23-/m0/s1. The highest BCUT2D eigenvalue weighted by Crippen LogP contribution is 2.41. The Morgan fingerprint density at radius 2 is 1.74 bits per heavy atom. The molecular formula is C25H30ClNO4. The Bertz CT molecular complexity index is 1040. The number of hydrogen-bond donors (Lipinski definition) is 2. The van der Waals surface area contributed by atoms with E-state index in [2.05, 4.69) is 0 Å². The molecule has 0 radical (unpaired) electrons. The molecule has 166 valence electrons. The second-order valence-electron chi connectivity index (χ2n) is 8.56. The van der Waals surface area contributed by atoms with Gasteiger partial charge in [-0.2, -0.15) is 0 Å². The Morgan fingerprint density at radius 1 is 1.06 bits per heavy atom. The number of aromatic nitrogens is 1. The van der Waals surface area contributed by atoms with Crippen LogP contribution in [0.25, 0.3) is 22.0 Å². The number of nitrogens with zero attached hydrogens (tertiary/aromatic N) is 1. The normalized spacial score (nSPS) is 13.2. The minimum absolute atomic E-state index is 0.439. The maximum atomic E-state index is 10.3. The number of hydrogen-bond acceptors (Lipinski definition) is 5. The molecule has 0 aliphatic carbocycles. The number of halogens is 1. The van der Waals surface area contributed by atoms with Crippen molar-refractivity contribution >= 4 is 22.5 Å². The van der Waals surface area contributed by atoms with Crippen LogP contribution in [0.4, 0.5) is 0 Å². The molecule has 0 saturated heterocycles. The number of rotatable bonds is 7. The van der Waals surface area contributed by atoms with E-state index in [-0.39, 0.29) is 0 Å². The van der Waals surface area contributed by atoms with E-state index in [9.17, 15) is 10.2 Å². The van der Waals surface area contributed by atoms with Gasteiger partial charge in [0.2, 0.25) is 0 Å². The Hall–Kier alpha value is -2.02. The van der Waals surface area contributed by atoms with Crippen molar-refractivity contribution in [3.05, 3.63) is 64.3 Å². The van der Waals surface area contributed by atoms with E-state index >= 15 is 0 Å². The van der Waals surface area contributed by atoms with Crippen molar-refractivity contribution in [3.8, 4) is 11.1 Å². The maximum Gasteiger partial charge on any atom is 0.182 e. The van der Waals surface area contributed by atoms with Crippen LogP contribution in [0.15, 0.2) is 42.5 Å². The van der Waals surface area contributed by atoms with Crippen molar-refractivity contribution in [1.82, 2.24) is 4.98 Å². The number of ether oxygens (including phenoxy) is 2. The molecule has 3 rings (SSSR count). The van der Waals surface area contributed by atoms with Crippen LogP contribution in [0.1, 0.15) is 50.6 Å². The summed E-state index contributed by atoms with van der Waals surface area (Å²) < 4.78 is 11.6. The Kier molecular flexibility index (Phi) is 7.35. The molecule has 1 heterocycles. The molecule has 6 heteroatoms. The molecule has 0 bridgehead atoms. The highest BCUT2D eigenvalue weighted by atomic mass is 35.5. The molecule has 0 aliphatic heterocycles. The van der Waals surface area contributed by atoms with Crippen LogP contribution in [0.3, 0.4) is 0 Å². The lowest BCUT2D eigenvalue weighted by Crippen LogP contribution is -2.30. The number of fused-ring (bicyclic) bond motifs is 1. The highest BCUT2D eigenvalue weighted by molar-refractivity contribution is 6.30. The van der Waals surface area contributed by atoms with Gasteiger partial charge < -0.3 is 19.7 Å². The third-order valence-electron chi connectivity index (χ3n) is 4.92. The van der Waals surface area contributed by atoms with Crippen LogP contribution in [0.2, 0.25) is 5.02 Å². The number of aliphatic hydroxyl groups excluding tert-OH is 1. The average Bonchev–Trinajstić information content (AvgIpc) is 2.69. The fourth-order valence-electron chi connectivity index (χ4n) is 3.69. The number of aryl methyl sites for hydroxylation is 1. The zero-order chi connectivity index (χ0) is 22.8. The minimum Gasteiger partial charge on any atom is -0.375 e. The van der Waals surface area contributed by atoms with Gasteiger partial charge in [-0.25, -0.2) is 0 Å². The second kappa shape index (κ2) is 9.63. The fraction of sp³-hybridized carbons (Fsp3) is 0.400. The van der Waals surface area contributed by atoms with Crippen LogP contribution < -0.4 is 0 Å². The maximum absolute atomic E-state index is 10.3. The first-order chi connectivity index (χ1) is 14.6. The van der Waals surface area contributed by atoms with Crippen LogP contribution >= 0.6 is 11.6 Å². The van der Waals surface area contributed by atoms with Gasteiger partial charge in [-0.3, -0.25) is 4.98 Å². The van der Waals surface area contributed by atoms with Crippen molar-refractivity contribution in [2.45, 2.75) is 59.2 Å². The fourth-order valence-corrected chi connectivity index (χ4v) is 3.82. The van der Waals surface area contributed by atoms with Gasteiger partial charge in [-0.15, -0.1) is 0 Å². The summed E-state index contributed by atoms with van der Waals surface area (Å²) in [6.45, 7) is 10.6. The van der Waals surface area contributed by atoms with Crippen molar-refractivity contribution in [2.24, 2.45) is 0 Å². The van der Waals surface area contributed by atoms with E-state index in [1.807, 2.05) is 77.1 Å². The van der Waals surface area contributed by atoms with Crippen molar-refractivity contribution in [2.75, 3.05) is 6.61 Å². The topological polar surface area (TPSA) is 71.8 Å². The molecule has 2 aromatic carbocycles. The second-order valence-corrected chi connectivity index (χ2v) is 9.00. The van der Waals surface area contributed by atoms with Gasteiger partial charge in [-0.05, 0) is 81.1 Å². The predicted octanol–water partition coefficient (Wildman–Crippen LogP) is 5.57. The SMILES string of the molecule is CCOCc1ccc2c(-c3ccc(Cl)cc3)c([C@H](OC(C)(C)C)C(O)O)c(C)cc2n1. The summed E-state index contributed by atoms with van der Waals surface area (Å²) in [5, 5.41) is 22.0. The summed E-state index contributed by atoms with van der Waals surface area (Å²) in [5.41, 5.74) is 4.41. The number of aliphatic hydroxyl groups is 2. The van der Waals surface area contributed by atoms with E-state index in [1.165, 1.54) is 0 Å². The summed E-state index contributed by atoms with van der Waals surface area (Å²) in [5.74, 6) is 0. The lowest BCUT2D eigenvalue weighted by atomic mass is 9.88. The van der Waals surface area contributed by atoms with Crippen LogP contribution in [-0.2, 0) is 16.1 Å². The quantitative estimate of drug-likeness (QED) is 0.467. The zero-order valence-electron chi connectivity index (χ0n) is 18.6. The minimum atomic E-state index is -1.69. The third kappa shape index (κ3) is 5.62. The molecule has 3 aromatic rings. The molecule has 2 N–H and O–H groups in total.